The van der Waals surface area contributed by atoms with E-state index in [1.165, 1.54) is 19.3 Å². The summed E-state index contributed by atoms with van der Waals surface area (Å²) in [6.45, 7) is 0. The molecule has 0 aliphatic carbocycles. The largest absolute Gasteiger partial charge is 0.417 e. The molecule has 0 amide bonds. The highest BCUT2D eigenvalue weighted by molar-refractivity contribution is 5.94. The molecule has 6 heteroatoms. The average Bonchev–Trinajstić information content (AvgIpc) is 2.26. The minimum atomic E-state index is -4.59. The van der Waals surface area contributed by atoms with Crippen LogP contribution in [0.25, 0.3) is 10.8 Å². The van der Waals surface area contributed by atoms with Crippen LogP contribution in [0, 0.1) is 5.82 Å². The molecule has 0 unspecified atom stereocenters. The van der Waals surface area contributed by atoms with Gasteiger partial charge in [0.2, 0.25) is 0 Å². The summed E-state index contributed by atoms with van der Waals surface area (Å²) in [5.41, 5.74) is -0.994. The van der Waals surface area contributed by atoms with Gasteiger partial charge >= 0.3 is 6.18 Å². The zero-order chi connectivity index (χ0) is 12.6. The zero-order valence-electron chi connectivity index (χ0n) is 8.77. The molecule has 1 aromatic heterocycles. The van der Waals surface area contributed by atoms with E-state index in [2.05, 4.69) is 10.3 Å². The van der Waals surface area contributed by atoms with Gasteiger partial charge in [0.25, 0.3) is 0 Å². The lowest BCUT2D eigenvalue weighted by atomic mass is 10.1. The highest BCUT2D eigenvalue weighted by Gasteiger charge is 2.33. The number of nitrogens with zero attached hydrogens (tertiary/aromatic N) is 1. The maximum absolute atomic E-state index is 13.2. The van der Waals surface area contributed by atoms with Crippen LogP contribution in [0.4, 0.5) is 23.4 Å². The van der Waals surface area contributed by atoms with E-state index in [1.807, 2.05) is 0 Å². The Kier molecular flexibility index (Phi) is 2.65. The molecule has 0 bridgehead atoms. The topological polar surface area (TPSA) is 24.9 Å². The van der Waals surface area contributed by atoms with E-state index in [4.69, 9.17) is 0 Å². The molecule has 0 fully saturated rings. The molecule has 1 aromatic carbocycles. The Morgan fingerprint density at radius 1 is 1.18 bits per heavy atom. The Bertz CT molecular complexity index is 563. The van der Waals surface area contributed by atoms with Crippen molar-refractivity contribution in [1.29, 1.82) is 0 Å². The lowest BCUT2D eigenvalue weighted by Crippen LogP contribution is -2.07. The summed E-state index contributed by atoms with van der Waals surface area (Å²) < 4.78 is 51.4. The number of hydrogen-bond acceptors (Lipinski definition) is 2. The third-order valence-electron chi connectivity index (χ3n) is 2.39. The van der Waals surface area contributed by atoms with Crippen molar-refractivity contribution in [3.63, 3.8) is 0 Å². The summed E-state index contributed by atoms with van der Waals surface area (Å²) in [4.78, 5) is 3.84. The molecule has 0 aliphatic heterocycles. The number of hydrogen-bond donors (Lipinski definition) is 1. The number of nitrogens with one attached hydrogen (secondary N) is 1. The van der Waals surface area contributed by atoms with Gasteiger partial charge in [0.15, 0.2) is 0 Å². The number of pyridine rings is 1. The van der Waals surface area contributed by atoms with Gasteiger partial charge in [0, 0.05) is 18.6 Å². The number of halogens is 4. The predicted molar refractivity (Wildman–Crippen MR) is 56.2 cm³/mol. The maximum Gasteiger partial charge on any atom is 0.417 e. The van der Waals surface area contributed by atoms with Gasteiger partial charge in [-0.3, -0.25) is 0 Å². The first-order valence-electron chi connectivity index (χ1n) is 4.76. The van der Waals surface area contributed by atoms with Crippen molar-refractivity contribution in [2.24, 2.45) is 0 Å². The van der Waals surface area contributed by atoms with Crippen LogP contribution in [0.1, 0.15) is 5.56 Å². The fourth-order valence-electron chi connectivity index (χ4n) is 1.68. The second-order valence-electron chi connectivity index (χ2n) is 3.46. The van der Waals surface area contributed by atoms with Gasteiger partial charge in [-0.05, 0) is 23.6 Å². The second-order valence-corrected chi connectivity index (χ2v) is 3.46. The van der Waals surface area contributed by atoms with Gasteiger partial charge in [-0.25, -0.2) is 9.37 Å². The molecule has 2 aromatic rings. The van der Waals surface area contributed by atoms with Crippen molar-refractivity contribution in [3.05, 3.63) is 35.8 Å². The van der Waals surface area contributed by atoms with Crippen LogP contribution in [0.3, 0.4) is 0 Å². The summed E-state index contributed by atoms with van der Waals surface area (Å²) >= 11 is 0. The zero-order valence-corrected chi connectivity index (χ0v) is 8.77. The molecule has 17 heavy (non-hydrogen) atoms. The quantitative estimate of drug-likeness (QED) is 0.777. The monoisotopic (exact) mass is 244 g/mol. The first-order valence-corrected chi connectivity index (χ1v) is 4.76. The Morgan fingerprint density at radius 3 is 2.47 bits per heavy atom. The Labute approximate surface area is 94.3 Å². The molecule has 0 atom stereocenters. The summed E-state index contributed by atoms with van der Waals surface area (Å²) in [6.07, 6.45) is -3.34. The summed E-state index contributed by atoms with van der Waals surface area (Å²) in [5, 5.41) is 2.67. The Morgan fingerprint density at radius 2 is 1.88 bits per heavy atom. The van der Waals surface area contributed by atoms with E-state index in [1.54, 1.807) is 0 Å². The van der Waals surface area contributed by atoms with Crippen LogP contribution < -0.4 is 5.32 Å². The number of alkyl halides is 3. The molecule has 0 spiro atoms. The molecule has 0 saturated heterocycles. The molecule has 1 N–H and O–H groups in total. The lowest BCUT2D eigenvalue weighted by Gasteiger charge is -2.12. The van der Waals surface area contributed by atoms with Gasteiger partial charge in [-0.1, -0.05) is 0 Å². The highest BCUT2D eigenvalue weighted by atomic mass is 19.4. The smallest absolute Gasteiger partial charge is 0.373 e. The number of aromatic nitrogens is 1. The van der Waals surface area contributed by atoms with E-state index in [0.717, 1.165) is 6.07 Å². The SMILES string of the molecule is CNc1nccc2c(C(F)(F)F)cc(F)cc12. The summed E-state index contributed by atoms with van der Waals surface area (Å²) in [5.74, 6) is -0.721. The van der Waals surface area contributed by atoms with Crippen molar-refractivity contribution in [3.8, 4) is 0 Å². The van der Waals surface area contributed by atoms with Crippen LogP contribution >= 0.6 is 0 Å². The fraction of sp³-hybridized carbons (Fsp3) is 0.182. The standard InChI is InChI=1S/C11H8F4N2/c1-16-10-8-4-6(12)5-9(11(13,14)15)7(8)2-3-17-10/h2-5H,1H3,(H,16,17). The van der Waals surface area contributed by atoms with Crippen LogP contribution in [0.5, 0.6) is 0 Å². The van der Waals surface area contributed by atoms with E-state index in [9.17, 15) is 17.6 Å². The van der Waals surface area contributed by atoms with Gasteiger partial charge in [0.1, 0.15) is 11.6 Å². The summed E-state index contributed by atoms with van der Waals surface area (Å²) in [6, 6.07) is 2.74. The third kappa shape index (κ3) is 2.02. The molecule has 0 radical (unpaired) electrons. The fourth-order valence-corrected chi connectivity index (χ4v) is 1.68. The molecule has 90 valence electrons. The van der Waals surface area contributed by atoms with Crippen LogP contribution in [-0.2, 0) is 6.18 Å². The van der Waals surface area contributed by atoms with Crippen LogP contribution in [-0.4, -0.2) is 12.0 Å². The van der Waals surface area contributed by atoms with Crippen LogP contribution in [0.2, 0.25) is 0 Å². The third-order valence-corrected chi connectivity index (χ3v) is 2.39. The Hall–Kier alpha value is -1.85. The first kappa shape index (κ1) is 11.6. The number of benzene rings is 1. The van der Waals surface area contributed by atoms with Crippen molar-refractivity contribution in [2.45, 2.75) is 6.18 Å². The lowest BCUT2D eigenvalue weighted by molar-refractivity contribution is -0.136. The van der Waals surface area contributed by atoms with Gasteiger partial charge < -0.3 is 5.32 Å². The summed E-state index contributed by atoms with van der Waals surface area (Å²) in [7, 11) is 1.51. The number of rotatable bonds is 1. The first-order chi connectivity index (χ1) is 7.93. The molecular weight excluding hydrogens is 236 g/mol. The van der Waals surface area contributed by atoms with E-state index < -0.39 is 17.6 Å². The molecule has 0 saturated carbocycles. The normalized spacial score (nSPS) is 11.8. The van der Waals surface area contributed by atoms with E-state index >= 15 is 0 Å². The van der Waals surface area contributed by atoms with Crippen LogP contribution in [0.15, 0.2) is 24.4 Å². The predicted octanol–water partition coefficient (Wildman–Crippen LogP) is 3.43. The Balaban J connectivity index is 2.86. The molecule has 0 aliphatic rings. The molecule has 1 heterocycles. The molecule has 2 rings (SSSR count). The van der Waals surface area contributed by atoms with E-state index in [-0.39, 0.29) is 16.6 Å². The van der Waals surface area contributed by atoms with Crippen molar-refractivity contribution in [1.82, 2.24) is 4.98 Å². The van der Waals surface area contributed by atoms with Crippen molar-refractivity contribution < 1.29 is 17.6 Å². The van der Waals surface area contributed by atoms with Crippen molar-refractivity contribution in [2.75, 3.05) is 12.4 Å². The van der Waals surface area contributed by atoms with Gasteiger partial charge in [0.05, 0.1) is 5.56 Å². The highest BCUT2D eigenvalue weighted by Crippen LogP contribution is 2.36. The maximum atomic E-state index is 13.2. The van der Waals surface area contributed by atoms with Gasteiger partial charge in [-0.15, -0.1) is 0 Å². The van der Waals surface area contributed by atoms with E-state index in [0.29, 0.717) is 6.07 Å². The minimum absolute atomic E-state index is 0.0711. The molecule has 2 nitrogen and oxygen atoms in total. The average molecular weight is 244 g/mol. The minimum Gasteiger partial charge on any atom is -0.373 e. The second kappa shape index (κ2) is 3.87. The number of fused-ring (bicyclic) bond motifs is 1. The van der Waals surface area contributed by atoms with Gasteiger partial charge in [-0.2, -0.15) is 13.2 Å². The van der Waals surface area contributed by atoms with Crippen molar-refractivity contribution >= 4 is 16.6 Å². The number of anilines is 1. The molecular formula is C11H8F4N2.